The molecule has 0 aliphatic carbocycles. The quantitative estimate of drug-likeness (QED) is 0.485. The zero-order valence-electron chi connectivity index (χ0n) is 18.2. The van der Waals surface area contributed by atoms with E-state index >= 15 is 0 Å². The summed E-state index contributed by atoms with van der Waals surface area (Å²) in [4.78, 5) is 20.6. The molecule has 0 saturated heterocycles. The lowest BCUT2D eigenvalue weighted by atomic mass is 9.78. The predicted octanol–water partition coefficient (Wildman–Crippen LogP) is 6.54. The van der Waals surface area contributed by atoms with E-state index in [1.54, 1.807) is 0 Å². The zero-order chi connectivity index (χ0) is 21.4. The van der Waals surface area contributed by atoms with Crippen LogP contribution in [0.3, 0.4) is 0 Å². The van der Waals surface area contributed by atoms with Crippen molar-refractivity contribution in [2.24, 2.45) is 0 Å². The van der Waals surface area contributed by atoms with Crippen molar-refractivity contribution in [3.63, 3.8) is 0 Å². The summed E-state index contributed by atoms with van der Waals surface area (Å²) in [5.74, 6) is 0. The molecule has 0 atom stereocenters. The highest BCUT2D eigenvalue weighted by Gasteiger charge is 2.26. The summed E-state index contributed by atoms with van der Waals surface area (Å²) in [7, 11) is -2.23. The summed E-state index contributed by atoms with van der Waals surface area (Å²) in [6, 6.07) is 22.6. The second-order valence-electron chi connectivity index (χ2n) is 9.58. The Labute approximate surface area is 176 Å². The van der Waals surface area contributed by atoms with Crippen LogP contribution in [-0.4, -0.2) is 9.79 Å². The largest absolute Gasteiger partial charge is 0.347 e. The van der Waals surface area contributed by atoms with Gasteiger partial charge < -0.3 is 9.79 Å². The van der Waals surface area contributed by atoms with Crippen LogP contribution in [0.4, 0.5) is 0 Å². The molecule has 3 heteroatoms. The number of hydrogen-bond donors (Lipinski definition) is 2. The highest BCUT2D eigenvalue weighted by atomic mass is 31.2. The lowest BCUT2D eigenvalue weighted by Gasteiger charge is -2.28. The monoisotopic (exact) mass is 406 g/mol. The van der Waals surface area contributed by atoms with Gasteiger partial charge in [0.05, 0.1) is 0 Å². The Balaban J connectivity index is 2.43. The minimum Gasteiger partial charge on any atom is -0.347 e. The third-order valence-corrected chi connectivity index (χ3v) is 6.09. The van der Waals surface area contributed by atoms with E-state index in [1.807, 2.05) is 18.2 Å². The zero-order valence-corrected chi connectivity index (χ0v) is 19.1. The SMILES string of the molecule is CC(C)(C)c1ccccc1-c1cccc(P(O)O)c1-c1ccccc1C(C)(C)C. The molecular weight excluding hydrogens is 375 g/mol. The van der Waals surface area contributed by atoms with Crippen molar-refractivity contribution in [2.45, 2.75) is 52.4 Å². The number of hydrogen-bond acceptors (Lipinski definition) is 2. The molecular formula is C26H31O2P. The summed E-state index contributed by atoms with van der Waals surface area (Å²) >= 11 is 0. The first-order valence-electron chi connectivity index (χ1n) is 10.0. The van der Waals surface area contributed by atoms with E-state index in [-0.39, 0.29) is 10.8 Å². The van der Waals surface area contributed by atoms with Gasteiger partial charge >= 0.3 is 0 Å². The Hall–Kier alpha value is -1.99. The standard InChI is InChI=1S/C26H31O2P/c1-25(2,3)21-15-9-7-12-18(21)19-14-11-17-23(29(27)28)24(19)20-13-8-10-16-22(20)26(4,5)6/h7-17,27-28H,1-6H3. The normalized spacial score (nSPS) is 12.4. The van der Waals surface area contributed by atoms with Gasteiger partial charge in [0.15, 0.2) is 8.38 Å². The van der Waals surface area contributed by atoms with Gasteiger partial charge in [0.2, 0.25) is 0 Å². The van der Waals surface area contributed by atoms with Gasteiger partial charge in [0.1, 0.15) is 0 Å². The average molecular weight is 407 g/mol. The molecule has 3 rings (SSSR count). The molecule has 0 saturated carbocycles. The molecule has 0 aliphatic rings. The van der Waals surface area contributed by atoms with Crippen LogP contribution in [0.15, 0.2) is 66.7 Å². The van der Waals surface area contributed by atoms with Crippen LogP contribution in [0, 0.1) is 0 Å². The van der Waals surface area contributed by atoms with Crippen molar-refractivity contribution in [1.82, 2.24) is 0 Å². The van der Waals surface area contributed by atoms with Gasteiger partial charge in [0.25, 0.3) is 0 Å². The molecule has 0 spiro atoms. The van der Waals surface area contributed by atoms with E-state index in [4.69, 9.17) is 0 Å². The molecule has 2 N–H and O–H groups in total. The molecule has 29 heavy (non-hydrogen) atoms. The fraction of sp³-hybridized carbons (Fsp3) is 0.308. The van der Waals surface area contributed by atoms with Gasteiger partial charge in [-0.2, -0.15) is 0 Å². The summed E-state index contributed by atoms with van der Waals surface area (Å²) < 4.78 is 0. The van der Waals surface area contributed by atoms with Crippen LogP contribution in [0.2, 0.25) is 0 Å². The van der Waals surface area contributed by atoms with E-state index in [9.17, 15) is 9.79 Å². The van der Waals surface area contributed by atoms with Crippen LogP contribution < -0.4 is 5.30 Å². The predicted molar refractivity (Wildman–Crippen MR) is 126 cm³/mol. The molecule has 0 amide bonds. The third kappa shape index (κ3) is 4.46. The Morgan fingerprint density at radius 1 is 0.552 bits per heavy atom. The Morgan fingerprint density at radius 2 is 1.00 bits per heavy atom. The maximum absolute atomic E-state index is 10.3. The molecule has 3 aromatic carbocycles. The summed E-state index contributed by atoms with van der Waals surface area (Å²) in [6.07, 6.45) is 0. The fourth-order valence-electron chi connectivity index (χ4n) is 3.94. The number of benzene rings is 3. The maximum atomic E-state index is 10.3. The van der Waals surface area contributed by atoms with E-state index in [2.05, 4.69) is 90.1 Å². The molecule has 0 bridgehead atoms. The second-order valence-corrected chi connectivity index (χ2v) is 10.6. The molecule has 2 nitrogen and oxygen atoms in total. The summed E-state index contributed by atoms with van der Waals surface area (Å²) in [5.41, 5.74) is 6.49. The van der Waals surface area contributed by atoms with Crippen molar-refractivity contribution in [3.05, 3.63) is 77.9 Å². The molecule has 0 fully saturated rings. The topological polar surface area (TPSA) is 40.5 Å². The van der Waals surface area contributed by atoms with Crippen LogP contribution in [0.5, 0.6) is 0 Å². The average Bonchev–Trinajstić information content (AvgIpc) is 2.66. The highest BCUT2D eigenvalue weighted by Crippen LogP contribution is 2.43. The van der Waals surface area contributed by atoms with Gasteiger partial charge in [-0.05, 0) is 44.7 Å². The van der Waals surface area contributed by atoms with Gasteiger partial charge in [-0.15, -0.1) is 0 Å². The van der Waals surface area contributed by atoms with Crippen LogP contribution >= 0.6 is 8.38 Å². The van der Waals surface area contributed by atoms with Gasteiger partial charge in [-0.3, -0.25) is 0 Å². The van der Waals surface area contributed by atoms with Crippen LogP contribution in [0.25, 0.3) is 22.3 Å². The van der Waals surface area contributed by atoms with Crippen molar-refractivity contribution in [2.75, 3.05) is 0 Å². The smallest absolute Gasteiger partial charge is 0.200 e. The minimum absolute atomic E-state index is 0.0312. The van der Waals surface area contributed by atoms with Crippen molar-refractivity contribution >= 4 is 13.7 Å². The lowest BCUT2D eigenvalue weighted by molar-refractivity contribution is 0.497. The Bertz CT molecular complexity index is 1010. The molecule has 0 radical (unpaired) electrons. The Kier molecular flexibility index (Phi) is 6.01. The van der Waals surface area contributed by atoms with E-state index < -0.39 is 8.38 Å². The first kappa shape index (κ1) is 21.7. The van der Waals surface area contributed by atoms with E-state index in [1.165, 1.54) is 11.1 Å². The van der Waals surface area contributed by atoms with E-state index in [0.29, 0.717) is 5.30 Å². The van der Waals surface area contributed by atoms with Gasteiger partial charge in [-0.25, -0.2) is 0 Å². The maximum Gasteiger partial charge on any atom is 0.200 e. The first-order chi connectivity index (χ1) is 13.5. The minimum atomic E-state index is -2.23. The third-order valence-electron chi connectivity index (χ3n) is 5.29. The number of rotatable bonds is 3. The fourth-order valence-corrected chi connectivity index (χ4v) is 4.60. The molecule has 0 unspecified atom stereocenters. The van der Waals surface area contributed by atoms with Crippen LogP contribution in [-0.2, 0) is 10.8 Å². The van der Waals surface area contributed by atoms with Gasteiger partial charge in [-0.1, -0.05) is 102 Å². The molecule has 3 aromatic rings. The van der Waals surface area contributed by atoms with Crippen molar-refractivity contribution in [3.8, 4) is 22.3 Å². The summed E-state index contributed by atoms with van der Waals surface area (Å²) in [5, 5.41) is 0.595. The van der Waals surface area contributed by atoms with Gasteiger partial charge in [0, 0.05) is 10.9 Å². The summed E-state index contributed by atoms with van der Waals surface area (Å²) in [6.45, 7) is 13.2. The van der Waals surface area contributed by atoms with Crippen molar-refractivity contribution < 1.29 is 9.79 Å². The molecule has 0 heterocycles. The molecule has 0 aromatic heterocycles. The second kappa shape index (κ2) is 8.03. The van der Waals surface area contributed by atoms with E-state index in [0.717, 1.165) is 22.3 Å². The Morgan fingerprint density at radius 3 is 1.52 bits per heavy atom. The molecule has 0 aliphatic heterocycles. The van der Waals surface area contributed by atoms with Crippen molar-refractivity contribution in [1.29, 1.82) is 0 Å². The first-order valence-corrected chi connectivity index (χ1v) is 11.3. The lowest BCUT2D eigenvalue weighted by Crippen LogP contribution is -2.17. The molecule has 152 valence electrons. The highest BCUT2D eigenvalue weighted by molar-refractivity contribution is 7.54. The van der Waals surface area contributed by atoms with Crippen LogP contribution in [0.1, 0.15) is 52.7 Å².